The summed E-state index contributed by atoms with van der Waals surface area (Å²) >= 11 is 0. The molecule has 0 saturated heterocycles. The predicted octanol–water partition coefficient (Wildman–Crippen LogP) is 3.10. The molecule has 0 fully saturated rings. The zero-order valence-corrected chi connectivity index (χ0v) is 17.9. The third kappa shape index (κ3) is 2.83. The highest BCUT2D eigenvalue weighted by atomic mass is 16.3. The molecule has 0 unspecified atom stereocenters. The van der Waals surface area contributed by atoms with E-state index in [1.54, 1.807) is 18.5 Å². The summed E-state index contributed by atoms with van der Waals surface area (Å²) in [6.45, 7) is 3.56. The molecule has 2 aliphatic rings. The van der Waals surface area contributed by atoms with E-state index in [1.807, 2.05) is 36.2 Å². The van der Waals surface area contributed by atoms with E-state index in [0.717, 1.165) is 21.9 Å². The number of pyridine rings is 1. The normalized spacial score (nSPS) is 16.1. The van der Waals surface area contributed by atoms with Crippen LogP contribution in [0.15, 0.2) is 53.5 Å². The van der Waals surface area contributed by atoms with Crippen molar-refractivity contribution in [3.8, 4) is 0 Å². The maximum atomic E-state index is 13.0. The van der Waals surface area contributed by atoms with Gasteiger partial charge in [0.25, 0.3) is 11.8 Å². The van der Waals surface area contributed by atoms with Gasteiger partial charge >= 0.3 is 0 Å². The monoisotopic (exact) mass is 440 g/mol. The number of carbonyl (C=O) groups is 3. The van der Waals surface area contributed by atoms with Crippen molar-refractivity contribution in [3.63, 3.8) is 0 Å². The predicted molar refractivity (Wildman–Crippen MR) is 122 cm³/mol. The number of furan rings is 1. The highest BCUT2D eigenvalue weighted by Gasteiger charge is 2.36. The van der Waals surface area contributed by atoms with Gasteiger partial charge in [0, 0.05) is 66.5 Å². The number of fused-ring (bicyclic) bond motifs is 1. The van der Waals surface area contributed by atoms with E-state index >= 15 is 0 Å². The minimum absolute atomic E-state index is 0.114. The van der Waals surface area contributed by atoms with E-state index in [1.165, 1.54) is 6.26 Å². The van der Waals surface area contributed by atoms with Crippen LogP contribution < -0.4 is 5.32 Å². The van der Waals surface area contributed by atoms with Crippen molar-refractivity contribution in [3.05, 3.63) is 65.8 Å². The number of benzene rings is 1. The van der Waals surface area contributed by atoms with E-state index in [4.69, 9.17) is 4.42 Å². The van der Waals surface area contributed by atoms with Crippen molar-refractivity contribution in [2.75, 3.05) is 6.54 Å². The van der Waals surface area contributed by atoms with Gasteiger partial charge in [-0.05, 0) is 11.6 Å². The molecular formula is C25H20N4O4. The first kappa shape index (κ1) is 19.5. The molecule has 3 aromatic heterocycles. The zero-order valence-electron chi connectivity index (χ0n) is 17.9. The van der Waals surface area contributed by atoms with Gasteiger partial charge in [0.15, 0.2) is 0 Å². The van der Waals surface area contributed by atoms with Crippen LogP contribution in [0.5, 0.6) is 0 Å². The number of amides is 3. The first-order chi connectivity index (χ1) is 16.1. The average Bonchev–Trinajstić information content (AvgIpc) is 3.47. The van der Waals surface area contributed by atoms with Gasteiger partial charge in [0.2, 0.25) is 5.91 Å². The fourth-order valence-electron chi connectivity index (χ4n) is 4.93. The molecule has 0 saturated carbocycles. The topological polar surface area (TPSA) is 97.4 Å². The lowest BCUT2D eigenvalue weighted by Crippen LogP contribution is -2.31. The molecule has 0 spiro atoms. The van der Waals surface area contributed by atoms with Gasteiger partial charge in [0.05, 0.1) is 22.9 Å². The molecule has 0 atom stereocenters. The lowest BCUT2D eigenvalue weighted by molar-refractivity contribution is -0.131. The van der Waals surface area contributed by atoms with Crippen LogP contribution in [-0.4, -0.2) is 38.7 Å². The second kappa shape index (κ2) is 7.16. The van der Waals surface area contributed by atoms with Crippen molar-refractivity contribution in [2.45, 2.75) is 26.4 Å². The van der Waals surface area contributed by atoms with Gasteiger partial charge in [-0.25, -0.2) is 0 Å². The first-order valence-corrected chi connectivity index (χ1v) is 10.9. The first-order valence-electron chi connectivity index (χ1n) is 10.9. The maximum Gasteiger partial charge on any atom is 0.259 e. The molecular weight excluding hydrogens is 420 g/mol. The molecule has 1 aromatic carbocycles. The van der Waals surface area contributed by atoms with Gasteiger partial charge in [-0.15, -0.1) is 0 Å². The Bertz CT molecular complexity index is 1520. The number of hydrogen-bond acceptors (Lipinski definition) is 5. The molecule has 8 nitrogen and oxygen atoms in total. The molecule has 164 valence electrons. The van der Waals surface area contributed by atoms with Gasteiger partial charge in [0.1, 0.15) is 5.58 Å². The summed E-state index contributed by atoms with van der Waals surface area (Å²) in [5.41, 5.74) is 4.25. The van der Waals surface area contributed by atoms with Crippen molar-refractivity contribution < 1.29 is 18.8 Å². The lowest BCUT2D eigenvalue weighted by atomic mass is 9.95. The standard InChI is InChI=1S/C25H20N4O4/c1-2-19(30)28-7-8-29-13-18(16-5-3-4-15(12-28)22(16)29)21-20(24(31)27-25(21)32)17-11-26-10-14-6-9-33-23(14)17/h3-6,9-11,13H,2,7-8,12H2,1H3,(H,27,31,32). The molecule has 8 heteroatoms. The number of carbonyl (C=O) groups excluding carboxylic acids is 3. The largest absolute Gasteiger partial charge is 0.464 e. The summed E-state index contributed by atoms with van der Waals surface area (Å²) in [4.78, 5) is 44.4. The van der Waals surface area contributed by atoms with Crippen molar-refractivity contribution in [1.29, 1.82) is 0 Å². The molecule has 33 heavy (non-hydrogen) atoms. The van der Waals surface area contributed by atoms with E-state index < -0.39 is 11.8 Å². The Labute approximate surface area is 188 Å². The number of nitrogens with zero attached hydrogens (tertiary/aromatic N) is 3. The molecule has 0 radical (unpaired) electrons. The smallest absolute Gasteiger partial charge is 0.259 e. The molecule has 6 rings (SSSR count). The fraction of sp³-hybridized carbons (Fsp3) is 0.200. The van der Waals surface area contributed by atoms with Gasteiger partial charge in [-0.3, -0.25) is 24.7 Å². The number of rotatable bonds is 3. The highest BCUT2D eigenvalue weighted by Crippen LogP contribution is 2.39. The second-order valence-corrected chi connectivity index (χ2v) is 8.28. The number of aromatic nitrogens is 2. The third-order valence-electron chi connectivity index (χ3n) is 6.44. The van der Waals surface area contributed by atoms with Crippen LogP contribution in [0.2, 0.25) is 0 Å². The van der Waals surface area contributed by atoms with Crippen molar-refractivity contribution >= 4 is 50.7 Å². The SMILES string of the molecule is CCC(=O)N1CCn2cc(C3=C(c4cncc5ccoc45)C(=O)NC3=O)c3cccc(c32)C1. The van der Waals surface area contributed by atoms with Crippen LogP contribution in [0.1, 0.15) is 30.0 Å². The zero-order chi connectivity index (χ0) is 22.7. The number of nitrogens with one attached hydrogen (secondary N) is 1. The van der Waals surface area contributed by atoms with E-state index in [9.17, 15) is 14.4 Å². The molecule has 0 aliphatic carbocycles. The summed E-state index contributed by atoms with van der Waals surface area (Å²) in [5, 5.41) is 4.08. The summed E-state index contributed by atoms with van der Waals surface area (Å²) in [6, 6.07) is 7.66. The second-order valence-electron chi connectivity index (χ2n) is 8.28. The quantitative estimate of drug-likeness (QED) is 0.494. The van der Waals surface area contributed by atoms with Gasteiger partial charge in [-0.2, -0.15) is 0 Å². The molecule has 0 bridgehead atoms. The van der Waals surface area contributed by atoms with Crippen LogP contribution in [-0.2, 0) is 27.5 Å². The van der Waals surface area contributed by atoms with Crippen LogP contribution >= 0.6 is 0 Å². The minimum Gasteiger partial charge on any atom is -0.464 e. The van der Waals surface area contributed by atoms with E-state index in [-0.39, 0.29) is 11.5 Å². The summed E-state index contributed by atoms with van der Waals surface area (Å²) in [5.74, 6) is -0.796. The van der Waals surface area contributed by atoms with Gasteiger partial charge in [-0.1, -0.05) is 25.1 Å². The minimum atomic E-state index is -0.468. The van der Waals surface area contributed by atoms with Crippen molar-refractivity contribution in [2.24, 2.45) is 0 Å². The van der Waals surface area contributed by atoms with E-state index in [2.05, 4.69) is 14.9 Å². The number of imide groups is 1. The number of para-hydroxylation sites is 1. The average molecular weight is 440 g/mol. The molecule has 4 aromatic rings. The van der Waals surface area contributed by atoms with Crippen LogP contribution in [0.25, 0.3) is 33.0 Å². The van der Waals surface area contributed by atoms with Crippen LogP contribution in [0.3, 0.4) is 0 Å². The Morgan fingerprint density at radius 1 is 1.09 bits per heavy atom. The Hall–Kier alpha value is -4.20. The number of hydrogen-bond donors (Lipinski definition) is 1. The van der Waals surface area contributed by atoms with E-state index in [0.29, 0.717) is 48.3 Å². The third-order valence-corrected chi connectivity index (χ3v) is 6.44. The van der Waals surface area contributed by atoms with Crippen molar-refractivity contribution in [1.82, 2.24) is 19.8 Å². The Kier molecular flexibility index (Phi) is 4.23. The maximum absolute atomic E-state index is 13.0. The highest BCUT2D eigenvalue weighted by molar-refractivity contribution is 6.50. The lowest BCUT2D eigenvalue weighted by Gasteiger charge is -2.20. The molecule has 2 aliphatic heterocycles. The van der Waals surface area contributed by atoms with Crippen LogP contribution in [0, 0.1) is 0 Å². The Morgan fingerprint density at radius 2 is 1.91 bits per heavy atom. The fourth-order valence-corrected chi connectivity index (χ4v) is 4.93. The summed E-state index contributed by atoms with van der Waals surface area (Å²) in [7, 11) is 0. The van der Waals surface area contributed by atoms with Crippen LogP contribution in [0.4, 0.5) is 0 Å². The molecule has 1 N–H and O–H groups in total. The molecule has 5 heterocycles. The Morgan fingerprint density at radius 3 is 2.73 bits per heavy atom. The summed E-state index contributed by atoms with van der Waals surface area (Å²) < 4.78 is 7.70. The Balaban J connectivity index is 1.59. The molecule has 3 amide bonds. The van der Waals surface area contributed by atoms with Gasteiger partial charge < -0.3 is 13.9 Å². The summed E-state index contributed by atoms with van der Waals surface area (Å²) in [6.07, 6.45) is 7.13.